The van der Waals surface area contributed by atoms with E-state index in [0.717, 1.165) is 26.1 Å². The second kappa shape index (κ2) is 8.13. The van der Waals surface area contributed by atoms with E-state index in [1.165, 1.54) is 18.5 Å². The van der Waals surface area contributed by atoms with Crippen molar-refractivity contribution in [1.29, 1.82) is 0 Å². The summed E-state index contributed by atoms with van der Waals surface area (Å²) in [5.74, 6) is 0.664. The minimum Gasteiger partial charge on any atom is -0.371 e. The number of unbranched alkanes of at least 4 members (excludes halogenated alkanes) is 1. The summed E-state index contributed by atoms with van der Waals surface area (Å²) in [6.45, 7) is 7.58. The van der Waals surface area contributed by atoms with E-state index in [2.05, 4.69) is 49.1 Å². The molecule has 1 atom stereocenters. The van der Waals surface area contributed by atoms with E-state index in [1.54, 1.807) is 0 Å². The number of rotatable bonds is 8. The Morgan fingerprint density at radius 3 is 2.53 bits per heavy atom. The summed E-state index contributed by atoms with van der Waals surface area (Å²) in [6.07, 6.45) is 3.61. The fraction of sp³-hybridized carbons (Fsp3) is 0.600. The highest BCUT2D eigenvalue weighted by Gasteiger charge is 2.09. The third-order valence-electron chi connectivity index (χ3n) is 3.09. The molecule has 0 aliphatic carbocycles. The highest BCUT2D eigenvalue weighted by atomic mass is 15.1. The van der Waals surface area contributed by atoms with Crippen molar-refractivity contribution in [3.63, 3.8) is 0 Å². The van der Waals surface area contributed by atoms with E-state index in [9.17, 15) is 0 Å². The minimum atomic E-state index is 0.664. The topological polar surface area (TPSA) is 29.3 Å². The van der Waals surface area contributed by atoms with Gasteiger partial charge in [-0.15, -0.1) is 0 Å². The lowest BCUT2D eigenvalue weighted by molar-refractivity contribution is 0.520. The zero-order chi connectivity index (χ0) is 12.5. The van der Waals surface area contributed by atoms with Gasteiger partial charge in [0, 0.05) is 18.8 Å². The molecule has 0 spiro atoms. The highest BCUT2D eigenvalue weighted by Crippen LogP contribution is 2.16. The largest absolute Gasteiger partial charge is 0.371 e. The number of hydrogen-bond acceptors (Lipinski definition) is 2. The van der Waals surface area contributed by atoms with Crippen molar-refractivity contribution < 1.29 is 0 Å². The molecule has 0 aromatic heterocycles. The second-order valence-corrected chi connectivity index (χ2v) is 4.82. The Labute approximate surface area is 106 Å². The van der Waals surface area contributed by atoms with Crippen molar-refractivity contribution >= 4 is 5.69 Å². The molecule has 1 aromatic carbocycles. The molecule has 96 valence electrons. The van der Waals surface area contributed by atoms with E-state index in [1.807, 2.05) is 0 Å². The van der Waals surface area contributed by atoms with Gasteiger partial charge in [0.05, 0.1) is 0 Å². The Bertz CT molecular complexity index is 284. The third-order valence-corrected chi connectivity index (χ3v) is 3.09. The first-order chi connectivity index (χ1) is 8.27. The van der Waals surface area contributed by atoms with Crippen LogP contribution in [-0.2, 0) is 0 Å². The van der Waals surface area contributed by atoms with Crippen LogP contribution in [0.25, 0.3) is 0 Å². The summed E-state index contributed by atoms with van der Waals surface area (Å²) in [4.78, 5) is 2.49. The molecule has 2 heteroatoms. The van der Waals surface area contributed by atoms with Crippen LogP contribution in [0.4, 0.5) is 5.69 Å². The molecule has 0 radical (unpaired) electrons. The van der Waals surface area contributed by atoms with Crippen LogP contribution < -0.4 is 10.6 Å². The fourth-order valence-corrected chi connectivity index (χ4v) is 2.07. The van der Waals surface area contributed by atoms with Gasteiger partial charge < -0.3 is 10.6 Å². The highest BCUT2D eigenvalue weighted by molar-refractivity contribution is 5.45. The molecule has 0 heterocycles. The molecule has 0 amide bonds. The summed E-state index contributed by atoms with van der Waals surface area (Å²) in [6, 6.07) is 10.7. The van der Waals surface area contributed by atoms with Gasteiger partial charge >= 0.3 is 0 Å². The van der Waals surface area contributed by atoms with Crippen molar-refractivity contribution in [3.8, 4) is 0 Å². The average Bonchev–Trinajstić information content (AvgIpc) is 2.36. The van der Waals surface area contributed by atoms with E-state index in [0.29, 0.717) is 5.92 Å². The maximum absolute atomic E-state index is 5.63. The van der Waals surface area contributed by atoms with Gasteiger partial charge in [0.2, 0.25) is 0 Å². The monoisotopic (exact) mass is 234 g/mol. The lowest BCUT2D eigenvalue weighted by Crippen LogP contribution is -2.30. The lowest BCUT2D eigenvalue weighted by atomic mass is 10.1. The predicted molar refractivity (Wildman–Crippen MR) is 76.4 cm³/mol. The Morgan fingerprint density at radius 1 is 1.24 bits per heavy atom. The SMILES string of the molecule is CCCCN(CC(C)CCN)c1ccccc1. The molecule has 0 aliphatic heterocycles. The van der Waals surface area contributed by atoms with Crippen LogP contribution >= 0.6 is 0 Å². The van der Waals surface area contributed by atoms with Crippen LogP contribution in [0.3, 0.4) is 0 Å². The van der Waals surface area contributed by atoms with Crippen LogP contribution in [-0.4, -0.2) is 19.6 Å². The molecule has 0 aliphatic rings. The fourth-order valence-electron chi connectivity index (χ4n) is 2.07. The molecular weight excluding hydrogens is 208 g/mol. The molecule has 0 bridgehead atoms. The number of anilines is 1. The van der Waals surface area contributed by atoms with Crippen LogP contribution in [0.2, 0.25) is 0 Å². The number of para-hydroxylation sites is 1. The van der Waals surface area contributed by atoms with Crippen LogP contribution in [0.15, 0.2) is 30.3 Å². The average molecular weight is 234 g/mol. The molecule has 0 fully saturated rings. The summed E-state index contributed by atoms with van der Waals surface area (Å²) >= 11 is 0. The van der Waals surface area contributed by atoms with Gasteiger partial charge in [0.1, 0.15) is 0 Å². The molecule has 2 nitrogen and oxygen atoms in total. The van der Waals surface area contributed by atoms with Crippen molar-refractivity contribution in [3.05, 3.63) is 30.3 Å². The molecule has 1 aromatic rings. The van der Waals surface area contributed by atoms with Crippen LogP contribution in [0.1, 0.15) is 33.1 Å². The van der Waals surface area contributed by atoms with E-state index < -0.39 is 0 Å². The number of nitrogens with zero attached hydrogens (tertiary/aromatic N) is 1. The van der Waals surface area contributed by atoms with Gasteiger partial charge in [0.25, 0.3) is 0 Å². The molecule has 1 rings (SSSR count). The van der Waals surface area contributed by atoms with E-state index in [4.69, 9.17) is 5.73 Å². The number of hydrogen-bond donors (Lipinski definition) is 1. The molecule has 17 heavy (non-hydrogen) atoms. The van der Waals surface area contributed by atoms with Gasteiger partial charge in [-0.25, -0.2) is 0 Å². The van der Waals surface area contributed by atoms with Crippen LogP contribution in [0, 0.1) is 5.92 Å². The first-order valence-corrected chi connectivity index (χ1v) is 6.78. The smallest absolute Gasteiger partial charge is 0.0366 e. The van der Waals surface area contributed by atoms with E-state index in [-0.39, 0.29) is 0 Å². The molecule has 2 N–H and O–H groups in total. The minimum absolute atomic E-state index is 0.664. The maximum Gasteiger partial charge on any atom is 0.0366 e. The Morgan fingerprint density at radius 2 is 1.94 bits per heavy atom. The van der Waals surface area contributed by atoms with Crippen molar-refractivity contribution in [2.24, 2.45) is 11.7 Å². The summed E-state index contributed by atoms with van der Waals surface area (Å²) in [5, 5.41) is 0. The van der Waals surface area contributed by atoms with Crippen LogP contribution in [0.5, 0.6) is 0 Å². The maximum atomic E-state index is 5.63. The Kier molecular flexibility index (Phi) is 6.71. The summed E-state index contributed by atoms with van der Waals surface area (Å²) < 4.78 is 0. The summed E-state index contributed by atoms with van der Waals surface area (Å²) in [7, 11) is 0. The van der Waals surface area contributed by atoms with Gasteiger partial charge in [-0.2, -0.15) is 0 Å². The standard InChI is InChI=1S/C15H26N2/c1-3-4-12-17(13-14(2)10-11-16)15-8-6-5-7-9-15/h5-9,14H,3-4,10-13,16H2,1-2H3. The van der Waals surface area contributed by atoms with Crippen molar-refractivity contribution in [2.45, 2.75) is 33.1 Å². The lowest BCUT2D eigenvalue weighted by Gasteiger charge is -2.27. The van der Waals surface area contributed by atoms with E-state index >= 15 is 0 Å². The Balaban J connectivity index is 2.60. The molecule has 1 unspecified atom stereocenters. The quantitative estimate of drug-likeness (QED) is 0.748. The zero-order valence-corrected chi connectivity index (χ0v) is 11.2. The number of nitrogens with two attached hydrogens (primary N) is 1. The van der Waals surface area contributed by atoms with Crippen molar-refractivity contribution in [1.82, 2.24) is 0 Å². The predicted octanol–water partition coefficient (Wildman–Crippen LogP) is 3.28. The molecule has 0 saturated heterocycles. The zero-order valence-electron chi connectivity index (χ0n) is 11.2. The van der Waals surface area contributed by atoms with Gasteiger partial charge in [0.15, 0.2) is 0 Å². The number of benzene rings is 1. The second-order valence-electron chi connectivity index (χ2n) is 4.82. The first-order valence-electron chi connectivity index (χ1n) is 6.78. The Hall–Kier alpha value is -1.02. The van der Waals surface area contributed by atoms with Gasteiger partial charge in [-0.3, -0.25) is 0 Å². The first kappa shape index (κ1) is 14.0. The molecule has 0 saturated carbocycles. The molecular formula is C15H26N2. The normalized spacial score (nSPS) is 12.4. The van der Waals surface area contributed by atoms with Gasteiger partial charge in [-0.05, 0) is 37.4 Å². The van der Waals surface area contributed by atoms with Gasteiger partial charge in [-0.1, -0.05) is 38.5 Å². The third kappa shape index (κ3) is 5.22. The van der Waals surface area contributed by atoms with Crippen molar-refractivity contribution in [2.75, 3.05) is 24.5 Å². The summed E-state index contributed by atoms with van der Waals surface area (Å²) in [5.41, 5.74) is 6.96.